The summed E-state index contributed by atoms with van der Waals surface area (Å²) in [5.74, 6) is 0. The molecule has 0 saturated carbocycles. The molecule has 0 amide bonds. The van der Waals surface area contributed by atoms with E-state index >= 15 is 0 Å². The average Bonchev–Trinajstić information content (AvgIpc) is 3.15. The lowest BCUT2D eigenvalue weighted by atomic mass is 10.0. The molecule has 0 atom stereocenters. The van der Waals surface area contributed by atoms with Gasteiger partial charge < -0.3 is 9.47 Å². The van der Waals surface area contributed by atoms with Gasteiger partial charge in [0.25, 0.3) is 0 Å². The van der Waals surface area contributed by atoms with E-state index in [0.29, 0.717) is 6.04 Å². The van der Waals surface area contributed by atoms with Gasteiger partial charge in [-0.3, -0.25) is 4.98 Å². The number of aromatic nitrogens is 3. The number of hydrogen-bond acceptors (Lipinski definition) is 3. The molecule has 1 aliphatic rings. The second kappa shape index (κ2) is 6.03. The summed E-state index contributed by atoms with van der Waals surface area (Å²) in [7, 11) is 0. The predicted molar refractivity (Wildman–Crippen MR) is 93.8 cm³/mol. The van der Waals surface area contributed by atoms with Crippen LogP contribution in [0.3, 0.4) is 0 Å². The van der Waals surface area contributed by atoms with E-state index < -0.39 is 0 Å². The maximum absolute atomic E-state index is 4.77. The van der Waals surface area contributed by atoms with E-state index in [-0.39, 0.29) is 0 Å². The lowest BCUT2D eigenvalue weighted by Crippen LogP contribution is -2.34. The monoisotopic (exact) mass is 306 g/mol. The molecule has 23 heavy (non-hydrogen) atoms. The van der Waals surface area contributed by atoms with E-state index in [1.54, 1.807) is 0 Å². The number of aryl methyl sites for hydroxylation is 1. The Kier molecular flexibility index (Phi) is 3.74. The average molecular weight is 306 g/mol. The van der Waals surface area contributed by atoms with Crippen LogP contribution in [0.1, 0.15) is 31.5 Å². The summed E-state index contributed by atoms with van der Waals surface area (Å²) in [6.45, 7) is 4.34. The highest BCUT2D eigenvalue weighted by atomic mass is 15.2. The smallest absolute Gasteiger partial charge is 0.0948 e. The summed E-state index contributed by atoms with van der Waals surface area (Å²) >= 11 is 0. The molecule has 4 nitrogen and oxygen atoms in total. The van der Waals surface area contributed by atoms with Crippen LogP contribution < -0.4 is 4.90 Å². The molecule has 0 bridgehead atoms. The Morgan fingerprint density at radius 1 is 1.17 bits per heavy atom. The lowest BCUT2D eigenvalue weighted by molar-refractivity contribution is 0.396. The van der Waals surface area contributed by atoms with Gasteiger partial charge in [-0.15, -0.1) is 0 Å². The summed E-state index contributed by atoms with van der Waals surface area (Å²) in [6, 6.07) is 11.4. The first-order valence-corrected chi connectivity index (χ1v) is 8.46. The van der Waals surface area contributed by atoms with E-state index in [0.717, 1.165) is 37.9 Å². The number of fused-ring (bicyclic) bond motifs is 1. The Hall–Kier alpha value is -2.36. The third-order valence-corrected chi connectivity index (χ3v) is 4.86. The third kappa shape index (κ3) is 2.69. The van der Waals surface area contributed by atoms with Crippen LogP contribution in [-0.2, 0) is 6.42 Å². The van der Waals surface area contributed by atoms with Crippen molar-refractivity contribution in [1.29, 1.82) is 0 Å². The molecule has 1 aromatic carbocycles. The molecule has 0 aliphatic carbocycles. The largest absolute Gasteiger partial charge is 0.371 e. The van der Waals surface area contributed by atoms with Crippen molar-refractivity contribution in [3.63, 3.8) is 0 Å². The van der Waals surface area contributed by atoms with Crippen LogP contribution in [0.2, 0.25) is 0 Å². The number of rotatable bonds is 3. The summed E-state index contributed by atoms with van der Waals surface area (Å²) in [6.07, 6.45) is 9.19. The van der Waals surface area contributed by atoms with Crippen molar-refractivity contribution in [3.8, 4) is 0 Å². The van der Waals surface area contributed by atoms with Crippen molar-refractivity contribution >= 4 is 16.6 Å². The maximum Gasteiger partial charge on any atom is 0.0948 e. The van der Waals surface area contributed by atoms with Gasteiger partial charge in [0.1, 0.15) is 0 Å². The molecular formula is C19H22N4. The van der Waals surface area contributed by atoms with Crippen molar-refractivity contribution in [3.05, 3.63) is 54.7 Å². The van der Waals surface area contributed by atoms with Gasteiger partial charge in [-0.2, -0.15) is 0 Å². The van der Waals surface area contributed by atoms with E-state index in [2.05, 4.69) is 57.9 Å². The van der Waals surface area contributed by atoms with Crippen molar-refractivity contribution in [2.24, 2.45) is 0 Å². The summed E-state index contributed by atoms with van der Waals surface area (Å²) in [5, 5.41) is 1.27. The van der Waals surface area contributed by atoms with E-state index in [1.165, 1.54) is 16.8 Å². The van der Waals surface area contributed by atoms with Crippen LogP contribution in [0.15, 0.2) is 49.1 Å². The highest BCUT2D eigenvalue weighted by Crippen LogP contribution is 2.31. The third-order valence-electron chi connectivity index (χ3n) is 4.86. The van der Waals surface area contributed by atoms with Gasteiger partial charge in [0.05, 0.1) is 11.8 Å². The number of hydrogen-bond donors (Lipinski definition) is 0. The molecule has 1 saturated heterocycles. The van der Waals surface area contributed by atoms with E-state index in [1.807, 2.05) is 12.5 Å². The highest BCUT2D eigenvalue weighted by molar-refractivity contribution is 5.92. The molecular weight excluding hydrogens is 284 g/mol. The second-order valence-corrected chi connectivity index (χ2v) is 6.23. The quantitative estimate of drug-likeness (QED) is 0.737. The summed E-state index contributed by atoms with van der Waals surface area (Å²) in [4.78, 5) is 11.5. The van der Waals surface area contributed by atoms with Crippen LogP contribution in [0.4, 0.5) is 5.69 Å². The van der Waals surface area contributed by atoms with Crippen LogP contribution in [0.25, 0.3) is 10.9 Å². The predicted octanol–water partition coefficient (Wildman–Crippen LogP) is 3.84. The standard InChI is InChI=1S/C19H22N4/c1-2-15-13-19(17-5-3-4-6-18(17)21-15)22-10-7-16(8-11-22)23-12-9-20-14-23/h3-6,9,12-14,16H,2,7-8,10-11H2,1H3. The molecule has 0 N–H and O–H groups in total. The van der Waals surface area contributed by atoms with Crippen molar-refractivity contribution in [2.75, 3.05) is 18.0 Å². The van der Waals surface area contributed by atoms with Gasteiger partial charge in [0.2, 0.25) is 0 Å². The van der Waals surface area contributed by atoms with Crippen LogP contribution in [0.5, 0.6) is 0 Å². The molecule has 1 aliphatic heterocycles. The Balaban J connectivity index is 1.62. The van der Waals surface area contributed by atoms with Gasteiger partial charge in [-0.05, 0) is 31.4 Å². The molecule has 2 aromatic heterocycles. The number of para-hydroxylation sites is 1. The maximum atomic E-state index is 4.77. The van der Waals surface area contributed by atoms with Gasteiger partial charge in [0.15, 0.2) is 0 Å². The molecule has 0 spiro atoms. The first-order chi connectivity index (χ1) is 11.3. The zero-order valence-electron chi connectivity index (χ0n) is 13.5. The number of anilines is 1. The molecule has 0 unspecified atom stereocenters. The fourth-order valence-electron chi connectivity index (χ4n) is 3.54. The van der Waals surface area contributed by atoms with Crippen molar-refractivity contribution in [2.45, 2.75) is 32.2 Å². The van der Waals surface area contributed by atoms with Gasteiger partial charge in [0, 0.05) is 48.3 Å². The second-order valence-electron chi connectivity index (χ2n) is 6.23. The molecule has 0 radical (unpaired) electrons. The van der Waals surface area contributed by atoms with Crippen molar-refractivity contribution < 1.29 is 0 Å². The van der Waals surface area contributed by atoms with Crippen LogP contribution in [-0.4, -0.2) is 27.6 Å². The fraction of sp³-hybridized carbons (Fsp3) is 0.368. The number of benzene rings is 1. The topological polar surface area (TPSA) is 34.0 Å². The van der Waals surface area contributed by atoms with Gasteiger partial charge in [-0.1, -0.05) is 25.1 Å². The summed E-state index contributed by atoms with van der Waals surface area (Å²) < 4.78 is 2.25. The van der Waals surface area contributed by atoms with Gasteiger partial charge in [-0.25, -0.2) is 4.98 Å². The Bertz CT molecular complexity index is 786. The van der Waals surface area contributed by atoms with Crippen molar-refractivity contribution in [1.82, 2.24) is 14.5 Å². The highest BCUT2D eigenvalue weighted by Gasteiger charge is 2.22. The zero-order chi connectivity index (χ0) is 15.6. The minimum Gasteiger partial charge on any atom is -0.371 e. The zero-order valence-corrected chi connectivity index (χ0v) is 13.5. The molecule has 1 fully saturated rings. The van der Waals surface area contributed by atoms with Crippen LogP contribution in [0, 0.1) is 0 Å². The Morgan fingerprint density at radius 3 is 2.74 bits per heavy atom. The number of piperidine rings is 1. The number of nitrogens with zero attached hydrogens (tertiary/aromatic N) is 4. The van der Waals surface area contributed by atoms with E-state index in [4.69, 9.17) is 4.98 Å². The molecule has 4 heteroatoms. The molecule has 3 heterocycles. The number of pyridine rings is 1. The molecule has 4 rings (SSSR count). The summed E-state index contributed by atoms with van der Waals surface area (Å²) in [5.41, 5.74) is 3.63. The normalized spacial score (nSPS) is 16.1. The minimum absolute atomic E-state index is 0.576. The first kappa shape index (κ1) is 14.2. The molecule has 118 valence electrons. The van der Waals surface area contributed by atoms with Crippen LogP contribution >= 0.6 is 0 Å². The van der Waals surface area contributed by atoms with Gasteiger partial charge >= 0.3 is 0 Å². The Labute approximate surface area is 136 Å². The lowest BCUT2D eigenvalue weighted by Gasteiger charge is -2.35. The first-order valence-electron chi connectivity index (χ1n) is 8.46. The van der Waals surface area contributed by atoms with E-state index in [9.17, 15) is 0 Å². The Morgan fingerprint density at radius 2 is 2.00 bits per heavy atom. The number of imidazole rings is 1. The SMILES string of the molecule is CCc1cc(N2CCC(n3ccnc3)CC2)c2ccccc2n1. The fourth-order valence-corrected chi connectivity index (χ4v) is 3.54. The minimum atomic E-state index is 0.576. The molecule has 3 aromatic rings.